The van der Waals surface area contributed by atoms with Gasteiger partial charge in [-0.2, -0.15) is 13.2 Å². The highest BCUT2D eigenvalue weighted by molar-refractivity contribution is 7.34. The number of piperidine rings is 1. The molecule has 3 heterocycles. The van der Waals surface area contributed by atoms with Crippen molar-refractivity contribution < 1.29 is 17.9 Å². The van der Waals surface area contributed by atoms with Gasteiger partial charge in [0.05, 0.1) is 11.3 Å². The zero-order chi connectivity index (χ0) is 32.9. The number of halogens is 3. The summed E-state index contributed by atoms with van der Waals surface area (Å²) in [6.07, 6.45) is 9.73. The largest absolute Gasteiger partial charge is 0.490 e. The van der Waals surface area contributed by atoms with Gasteiger partial charge in [0, 0.05) is 62.3 Å². The lowest BCUT2D eigenvalue weighted by atomic mass is 10.1. The predicted molar refractivity (Wildman–Crippen MR) is 186 cm³/mol. The maximum absolute atomic E-state index is 12.8. The Morgan fingerprint density at radius 2 is 1.67 bits per heavy atom. The number of hydrogen-bond acceptors (Lipinski definition) is 4. The number of nitrogens with one attached hydrogen (secondary N) is 1. The molecule has 46 heavy (non-hydrogen) atoms. The summed E-state index contributed by atoms with van der Waals surface area (Å²) in [6, 6.07) is 18.6. The number of ether oxygens (including phenoxy) is 1. The van der Waals surface area contributed by atoms with Crippen LogP contribution in [0.25, 0.3) is 5.65 Å². The van der Waals surface area contributed by atoms with Crippen LogP contribution in [0.15, 0.2) is 73.1 Å². The molecule has 2 aromatic carbocycles. The van der Waals surface area contributed by atoms with Crippen LogP contribution in [0.5, 0.6) is 5.75 Å². The van der Waals surface area contributed by atoms with Crippen molar-refractivity contribution in [3.8, 4) is 5.75 Å². The summed E-state index contributed by atoms with van der Waals surface area (Å²) in [4.78, 5) is 6.93. The van der Waals surface area contributed by atoms with Crippen LogP contribution in [0.1, 0.15) is 88.1 Å². The lowest BCUT2D eigenvalue weighted by Gasteiger charge is -2.33. The van der Waals surface area contributed by atoms with E-state index in [2.05, 4.69) is 68.1 Å². The average Bonchev–Trinajstić information content (AvgIpc) is 3.46. The molecule has 0 amide bonds. The Morgan fingerprint density at radius 1 is 0.957 bits per heavy atom. The number of hydrogen-bond donors (Lipinski definition) is 1. The third-order valence-electron chi connectivity index (χ3n) is 8.43. The molecule has 0 saturated carbocycles. The van der Waals surface area contributed by atoms with Crippen LogP contribution in [0.3, 0.4) is 0 Å². The molecule has 2 atom stereocenters. The zero-order valence-electron chi connectivity index (χ0n) is 27.7. The fourth-order valence-corrected chi connectivity index (χ4v) is 6.69. The van der Waals surface area contributed by atoms with Crippen LogP contribution >= 0.6 is 8.73 Å². The molecule has 5 nitrogen and oxygen atoms in total. The Labute approximate surface area is 274 Å². The normalized spacial score (nSPS) is 14.9. The summed E-state index contributed by atoms with van der Waals surface area (Å²) >= 11 is 0. The van der Waals surface area contributed by atoms with Crippen LogP contribution in [0, 0.1) is 6.92 Å². The van der Waals surface area contributed by atoms with Gasteiger partial charge in [-0.3, -0.25) is 5.09 Å². The number of rotatable bonds is 13. The Kier molecular flexibility index (Phi) is 13.8. The van der Waals surface area contributed by atoms with E-state index in [9.17, 15) is 13.2 Å². The molecule has 1 N–H and O–H groups in total. The van der Waals surface area contributed by atoms with E-state index in [0.29, 0.717) is 14.8 Å². The van der Waals surface area contributed by atoms with Crippen molar-refractivity contribution in [2.45, 2.75) is 104 Å². The quantitative estimate of drug-likeness (QED) is 0.146. The summed E-state index contributed by atoms with van der Waals surface area (Å²) in [6.45, 7) is 10.3. The van der Waals surface area contributed by atoms with E-state index in [0.717, 1.165) is 73.4 Å². The fraction of sp³-hybridized carbons (Fsp3) is 0.486. The lowest BCUT2D eigenvalue weighted by molar-refractivity contribution is -0.137. The van der Waals surface area contributed by atoms with E-state index >= 15 is 0 Å². The highest BCUT2D eigenvalue weighted by Crippen LogP contribution is 2.31. The molecular formula is C37H50F3N4OP. The van der Waals surface area contributed by atoms with E-state index in [1.165, 1.54) is 43.2 Å². The molecule has 0 bridgehead atoms. The maximum atomic E-state index is 12.8. The standard InChI is InChI=1S/C28H38F3N4OP.C9H12/c1-3-5-7-22(6-4-2)33-37-20-23-19-35-17-14-26(18-27(35)32-23)36-25-12-15-34(16-13-25)24-10-8-21(9-11-24)28(29,30)31;1-3-9-6-4-8(2)5-7-9/h8-11,14,17-19,22,25,33,37H,3-7,12-13,15-16,20H2,1-2H3;4-7H,3H2,1-2H3. The second kappa shape index (κ2) is 17.7. The second-order valence-corrected chi connectivity index (χ2v) is 13.2. The van der Waals surface area contributed by atoms with Gasteiger partial charge in [0.2, 0.25) is 0 Å². The number of aryl methyl sites for hydroxylation is 2. The molecule has 250 valence electrons. The molecule has 0 aliphatic carbocycles. The first-order valence-electron chi connectivity index (χ1n) is 16.8. The minimum absolute atomic E-state index is 0.0758. The minimum Gasteiger partial charge on any atom is -0.490 e. The number of pyridine rings is 1. The Balaban J connectivity index is 0.000000459. The smallest absolute Gasteiger partial charge is 0.416 e. The van der Waals surface area contributed by atoms with Crippen LogP contribution in [-0.4, -0.2) is 34.6 Å². The van der Waals surface area contributed by atoms with Crippen molar-refractivity contribution in [1.29, 1.82) is 0 Å². The number of nitrogens with zero attached hydrogens (tertiary/aromatic N) is 3. The van der Waals surface area contributed by atoms with Gasteiger partial charge in [-0.25, -0.2) is 4.98 Å². The van der Waals surface area contributed by atoms with E-state index in [4.69, 9.17) is 9.72 Å². The van der Waals surface area contributed by atoms with E-state index in [1.807, 2.05) is 22.7 Å². The molecule has 0 radical (unpaired) electrons. The number of unbranched alkanes of at least 4 members (excludes halogenated alkanes) is 1. The molecule has 0 spiro atoms. The van der Waals surface area contributed by atoms with Crippen molar-refractivity contribution in [1.82, 2.24) is 14.5 Å². The van der Waals surface area contributed by atoms with E-state index < -0.39 is 11.7 Å². The molecule has 5 rings (SSSR count). The van der Waals surface area contributed by atoms with Crippen LogP contribution < -0.4 is 14.7 Å². The first-order chi connectivity index (χ1) is 22.2. The molecule has 1 fully saturated rings. The summed E-state index contributed by atoms with van der Waals surface area (Å²) in [5.74, 6) is 0.806. The summed E-state index contributed by atoms with van der Waals surface area (Å²) in [7, 11) is 0.661. The van der Waals surface area contributed by atoms with Gasteiger partial charge in [-0.1, -0.05) is 69.9 Å². The Hall–Kier alpha value is -3.09. The number of alkyl halides is 3. The highest BCUT2D eigenvalue weighted by atomic mass is 31.1. The number of aromatic nitrogens is 2. The molecule has 9 heteroatoms. The van der Waals surface area contributed by atoms with Crippen molar-refractivity contribution in [3.05, 3.63) is 95.4 Å². The van der Waals surface area contributed by atoms with Crippen molar-refractivity contribution in [2.24, 2.45) is 0 Å². The molecular weight excluding hydrogens is 604 g/mol. The van der Waals surface area contributed by atoms with Gasteiger partial charge in [0.25, 0.3) is 0 Å². The fourth-order valence-electron chi connectivity index (χ4n) is 5.66. The second-order valence-electron chi connectivity index (χ2n) is 12.2. The summed E-state index contributed by atoms with van der Waals surface area (Å²) in [5.41, 5.74) is 4.93. The average molecular weight is 655 g/mol. The number of benzene rings is 2. The van der Waals surface area contributed by atoms with Crippen LogP contribution in [0.4, 0.5) is 18.9 Å². The number of fused-ring (bicyclic) bond motifs is 1. The maximum Gasteiger partial charge on any atom is 0.416 e. The van der Waals surface area contributed by atoms with Crippen LogP contribution in [-0.2, 0) is 18.8 Å². The molecule has 2 unspecified atom stereocenters. The van der Waals surface area contributed by atoms with Gasteiger partial charge >= 0.3 is 6.18 Å². The lowest BCUT2D eigenvalue weighted by Crippen LogP contribution is -2.38. The number of imidazole rings is 1. The van der Waals surface area contributed by atoms with Gasteiger partial charge in [0.1, 0.15) is 17.5 Å². The zero-order valence-corrected chi connectivity index (χ0v) is 28.7. The van der Waals surface area contributed by atoms with Gasteiger partial charge in [-0.05, 0) is 70.8 Å². The molecule has 2 aromatic heterocycles. The molecule has 1 aliphatic rings. The van der Waals surface area contributed by atoms with E-state index in [1.54, 1.807) is 12.1 Å². The van der Waals surface area contributed by atoms with Crippen molar-refractivity contribution in [3.63, 3.8) is 0 Å². The van der Waals surface area contributed by atoms with Crippen LogP contribution in [0.2, 0.25) is 0 Å². The number of anilines is 1. The first-order valence-corrected chi connectivity index (χ1v) is 18.0. The predicted octanol–water partition coefficient (Wildman–Crippen LogP) is 10.0. The minimum atomic E-state index is -4.31. The molecule has 1 saturated heterocycles. The van der Waals surface area contributed by atoms with Gasteiger partial charge in [0.15, 0.2) is 0 Å². The Bertz CT molecular complexity index is 1450. The molecule has 1 aliphatic heterocycles. The van der Waals surface area contributed by atoms with Gasteiger partial charge < -0.3 is 14.0 Å². The first kappa shape index (κ1) is 35.8. The van der Waals surface area contributed by atoms with Gasteiger partial charge in [-0.15, -0.1) is 0 Å². The topological polar surface area (TPSA) is 41.8 Å². The third kappa shape index (κ3) is 11.0. The SMILES string of the molecule is CCCCC(CCC)NPCc1cn2ccc(OC3CCN(c4ccc(C(F)(F)F)cc4)CC3)cc2n1.CCc1ccc(C)cc1. The van der Waals surface area contributed by atoms with Crippen molar-refractivity contribution in [2.75, 3.05) is 18.0 Å². The summed E-state index contributed by atoms with van der Waals surface area (Å²) < 4.78 is 46.8. The summed E-state index contributed by atoms with van der Waals surface area (Å²) in [5, 5.41) is 3.74. The molecule has 4 aromatic rings. The van der Waals surface area contributed by atoms with Crippen molar-refractivity contribution >= 4 is 20.1 Å². The Morgan fingerprint density at radius 3 is 2.30 bits per heavy atom. The van der Waals surface area contributed by atoms with E-state index in [-0.39, 0.29) is 6.10 Å². The third-order valence-corrected chi connectivity index (χ3v) is 9.59. The monoisotopic (exact) mass is 654 g/mol. The highest BCUT2D eigenvalue weighted by Gasteiger charge is 2.30.